The number of likely N-dealkylation sites (tertiary alicyclic amines) is 1. The van der Waals surface area contributed by atoms with Crippen LogP contribution >= 0.6 is 0 Å². The van der Waals surface area contributed by atoms with Gasteiger partial charge in [0.1, 0.15) is 0 Å². The van der Waals surface area contributed by atoms with Crippen molar-refractivity contribution in [2.75, 3.05) is 39.3 Å². The number of nitrogens with one attached hydrogen (secondary N) is 1. The van der Waals surface area contributed by atoms with Crippen molar-refractivity contribution in [3.8, 4) is 0 Å². The van der Waals surface area contributed by atoms with Crippen LogP contribution in [0.1, 0.15) is 26.2 Å². The van der Waals surface area contributed by atoms with Crippen molar-refractivity contribution in [2.45, 2.75) is 31.8 Å². The molecule has 1 saturated carbocycles. The monoisotopic (exact) mass is 224 g/mol. The fourth-order valence-electron chi connectivity index (χ4n) is 3.52. The molecule has 2 aliphatic heterocycles. The first-order chi connectivity index (χ1) is 7.75. The molecule has 0 radical (unpaired) electrons. The fraction of sp³-hybridized carbons (Fsp3) is 1.00. The highest BCUT2D eigenvalue weighted by atomic mass is 16.5. The van der Waals surface area contributed by atoms with Gasteiger partial charge >= 0.3 is 0 Å². The highest BCUT2D eigenvalue weighted by Gasteiger charge is 2.36. The molecular weight excluding hydrogens is 200 g/mol. The maximum absolute atomic E-state index is 5.95. The Morgan fingerprint density at radius 1 is 1.25 bits per heavy atom. The predicted octanol–water partition coefficient (Wildman–Crippen LogP) is 1.10. The van der Waals surface area contributed by atoms with E-state index in [-0.39, 0.29) is 5.60 Å². The molecule has 1 N–H and O–H groups in total. The molecule has 16 heavy (non-hydrogen) atoms. The van der Waals surface area contributed by atoms with Crippen LogP contribution in [0.25, 0.3) is 0 Å². The van der Waals surface area contributed by atoms with Crippen LogP contribution in [-0.2, 0) is 4.74 Å². The molecule has 0 aromatic heterocycles. The lowest BCUT2D eigenvalue weighted by molar-refractivity contribution is -0.0713. The molecule has 3 nitrogen and oxygen atoms in total. The lowest BCUT2D eigenvalue weighted by atomic mass is 10.0. The second kappa shape index (κ2) is 4.28. The molecule has 0 aromatic rings. The third-order valence-electron chi connectivity index (χ3n) is 4.66. The van der Waals surface area contributed by atoms with Crippen molar-refractivity contribution in [2.24, 2.45) is 11.8 Å². The lowest BCUT2D eigenvalue weighted by Gasteiger charge is -2.39. The number of ether oxygens (including phenoxy) is 1. The summed E-state index contributed by atoms with van der Waals surface area (Å²) in [4.78, 5) is 2.62. The normalized spacial score (nSPS) is 37.3. The molecule has 2 heterocycles. The molecule has 3 heteroatoms. The van der Waals surface area contributed by atoms with E-state index >= 15 is 0 Å². The molecule has 0 spiro atoms. The molecule has 3 aliphatic rings. The Hall–Kier alpha value is -0.120. The summed E-state index contributed by atoms with van der Waals surface area (Å²) in [6, 6.07) is 0. The average molecular weight is 224 g/mol. The molecule has 2 unspecified atom stereocenters. The van der Waals surface area contributed by atoms with Gasteiger partial charge < -0.3 is 15.0 Å². The van der Waals surface area contributed by atoms with Crippen molar-refractivity contribution in [1.29, 1.82) is 0 Å². The van der Waals surface area contributed by atoms with E-state index in [4.69, 9.17) is 4.74 Å². The molecule has 0 bridgehead atoms. The van der Waals surface area contributed by atoms with Crippen molar-refractivity contribution in [1.82, 2.24) is 10.2 Å². The van der Waals surface area contributed by atoms with Crippen molar-refractivity contribution in [3.63, 3.8) is 0 Å². The SMILES string of the molecule is CC1(OCCN2CC3CCCC3C2)CNC1. The standard InChI is InChI=1S/C13H24N2O/c1-13(9-14-10-13)16-6-5-15-7-11-3-2-4-12(11)8-15/h11-12,14H,2-10H2,1H3. The molecular formula is C13H24N2O. The summed E-state index contributed by atoms with van der Waals surface area (Å²) in [7, 11) is 0. The Kier molecular flexibility index (Phi) is 2.94. The second-order valence-corrected chi connectivity index (χ2v) is 6.11. The quantitative estimate of drug-likeness (QED) is 0.774. The highest BCUT2D eigenvalue weighted by Crippen LogP contribution is 2.37. The Morgan fingerprint density at radius 2 is 1.94 bits per heavy atom. The van der Waals surface area contributed by atoms with Gasteiger partial charge in [-0.15, -0.1) is 0 Å². The summed E-state index contributed by atoms with van der Waals surface area (Å²) in [5, 5.41) is 3.27. The predicted molar refractivity (Wildman–Crippen MR) is 64.5 cm³/mol. The lowest BCUT2D eigenvalue weighted by Crippen LogP contribution is -2.59. The van der Waals surface area contributed by atoms with Gasteiger partial charge in [-0.3, -0.25) is 0 Å². The molecule has 0 amide bonds. The van der Waals surface area contributed by atoms with Crippen LogP contribution in [0.4, 0.5) is 0 Å². The van der Waals surface area contributed by atoms with Gasteiger partial charge in [0.05, 0.1) is 12.2 Å². The zero-order valence-corrected chi connectivity index (χ0v) is 10.4. The molecule has 3 fully saturated rings. The van der Waals surface area contributed by atoms with Gasteiger partial charge in [-0.1, -0.05) is 6.42 Å². The molecule has 92 valence electrons. The number of hydrogen-bond donors (Lipinski definition) is 1. The maximum atomic E-state index is 5.95. The summed E-state index contributed by atoms with van der Waals surface area (Å²) in [6.45, 7) is 8.99. The first-order valence-corrected chi connectivity index (χ1v) is 6.82. The van der Waals surface area contributed by atoms with Gasteiger partial charge in [0.25, 0.3) is 0 Å². The fourth-order valence-corrected chi connectivity index (χ4v) is 3.52. The van der Waals surface area contributed by atoms with E-state index in [9.17, 15) is 0 Å². The molecule has 2 atom stereocenters. The summed E-state index contributed by atoms with van der Waals surface area (Å²) >= 11 is 0. The summed E-state index contributed by atoms with van der Waals surface area (Å²) in [6.07, 6.45) is 4.43. The number of nitrogens with zero attached hydrogens (tertiary/aromatic N) is 1. The van der Waals surface area contributed by atoms with Crippen LogP contribution in [-0.4, -0.2) is 49.8 Å². The van der Waals surface area contributed by atoms with Crippen LogP contribution in [0.5, 0.6) is 0 Å². The topological polar surface area (TPSA) is 24.5 Å². The van der Waals surface area contributed by atoms with E-state index in [1.807, 2.05) is 0 Å². The zero-order valence-electron chi connectivity index (χ0n) is 10.4. The number of rotatable bonds is 4. The van der Waals surface area contributed by atoms with Gasteiger partial charge in [0, 0.05) is 32.7 Å². The minimum atomic E-state index is 0.135. The Morgan fingerprint density at radius 3 is 2.50 bits per heavy atom. The largest absolute Gasteiger partial charge is 0.371 e. The number of hydrogen-bond acceptors (Lipinski definition) is 3. The third-order valence-corrected chi connectivity index (χ3v) is 4.66. The van der Waals surface area contributed by atoms with Crippen molar-refractivity contribution in [3.05, 3.63) is 0 Å². The summed E-state index contributed by atoms with van der Waals surface area (Å²) in [5.41, 5.74) is 0.135. The molecule has 2 saturated heterocycles. The Bertz CT molecular complexity index is 240. The van der Waals surface area contributed by atoms with Crippen LogP contribution < -0.4 is 5.32 Å². The smallest absolute Gasteiger partial charge is 0.0902 e. The van der Waals surface area contributed by atoms with Crippen LogP contribution in [0.3, 0.4) is 0 Å². The van der Waals surface area contributed by atoms with E-state index in [0.717, 1.165) is 38.1 Å². The van der Waals surface area contributed by atoms with E-state index in [1.54, 1.807) is 0 Å². The van der Waals surface area contributed by atoms with E-state index in [2.05, 4.69) is 17.1 Å². The van der Waals surface area contributed by atoms with Crippen LogP contribution in [0.15, 0.2) is 0 Å². The summed E-state index contributed by atoms with van der Waals surface area (Å²) < 4.78 is 5.95. The third kappa shape index (κ3) is 2.13. The van der Waals surface area contributed by atoms with Gasteiger partial charge in [-0.2, -0.15) is 0 Å². The van der Waals surface area contributed by atoms with E-state index in [1.165, 1.54) is 32.4 Å². The summed E-state index contributed by atoms with van der Waals surface area (Å²) in [5.74, 6) is 2.03. The zero-order chi connectivity index (χ0) is 11.0. The highest BCUT2D eigenvalue weighted by molar-refractivity contribution is 4.91. The minimum Gasteiger partial charge on any atom is -0.371 e. The van der Waals surface area contributed by atoms with E-state index in [0.29, 0.717) is 0 Å². The van der Waals surface area contributed by atoms with E-state index < -0.39 is 0 Å². The van der Waals surface area contributed by atoms with Crippen LogP contribution in [0, 0.1) is 11.8 Å². The van der Waals surface area contributed by atoms with Crippen molar-refractivity contribution >= 4 is 0 Å². The number of fused-ring (bicyclic) bond motifs is 1. The first-order valence-electron chi connectivity index (χ1n) is 6.82. The Labute approximate surface area is 98.5 Å². The van der Waals surface area contributed by atoms with Crippen molar-refractivity contribution < 1.29 is 4.74 Å². The van der Waals surface area contributed by atoms with Gasteiger partial charge in [-0.25, -0.2) is 0 Å². The molecule has 0 aromatic carbocycles. The molecule has 3 rings (SSSR count). The average Bonchev–Trinajstić information content (AvgIpc) is 2.75. The first kappa shape index (κ1) is 11.0. The Balaban J connectivity index is 1.37. The minimum absolute atomic E-state index is 0.135. The van der Waals surface area contributed by atoms with Crippen LogP contribution in [0.2, 0.25) is 0 Å². The second-order valence-electron chi connectivity index (χ2n) is 6.11. The van der Waals surface area contributed by atoms with Gasteiger partial charge in [-0.05, 0) is 31.6 Å². The maximum Gasteiger partial charge on any atom is 0.0902 e. The van der Waals surface area contributed by atoms with Gasteiger partial charge in [0.2, 0.25) is 0 Å². The molecule has 1 aliphatic carbocycles. The van der Waals surface area contributed by atoms with Gasteiger partial charge in [0.15, 0.2) is 0 Å².